The van der Waals surface area contributed by atoms with Crippen LogP contribution in [0.3, 0.4) is 0 Å². The van der Waals surface area contributed by atoms with Crippen molar-refractivity contribution in [3.8, 4) is 5.75 Å². The maximum absolute atomic E-state index is 5.96. The molecule has 8 heteroatoms. The van der Waals surface area contributed by atoms with Crippen LogP contribution in [0.2, 0.25) is 0 Å². The first-order valence-electron chi connectivity index (χ1n) is 17.4. The molecule has 0 unspecified atom stereocenters. The number of thiazole rings is 3. The summed E-state index contributed by atoms with van der Waals surface area (Å²) in [6.07, 6.45) is 12.5. The van der Waals surface area contributed by atoms with Gasteiger partial charge < -0.3 is 9.64 Å². The zero-order chi connectivity index (χ0) is 36.3. The molecule has 0 atom stereocenters. The minimum atomic E-state index is 0.778. The van der Waals surface area contributed by atoms with Gasteiger partial charge in [-0.3, -0.25) is 0 Å². The van der Waals surface area contributed by atoms with E-state index >= 15 is 0 Å². The Bertz CT molecular complexity index is 2600. The molecule has 0 saturated heterocycles. The third-order valence-electron chi connectivity index (χ3n) is 8.95. The maximum atomic E-state index is 5.96. The van der Waals surface area contributed by atoms with Crippen LogP contribution < -0.4 is 9.64 Å². The predicted molar refractivity (Wildman–Crippen MR) is 233 cm³/mol. The van der Waals surface area contributed by atoms with E-state index in [0.717, 1.165) is 71.1 Å². The van der Waals surface area contributed by atoms with Crippen molar-refractivity contribution < 1.29 is 4.74 Å². The first-order valence-corrected chi connectivity index (χ1v) is 19.9. The molecule has 54 heavy (non-hydrogen) atoms. The lowest BCUT2D eigenvalue weighted by Gasteiger charge is -2.26. The van der Waals surface area contributed by atoms with Crippen molar-refractivity contribution in [3.05, 3.63) is 171 Å². The van der Waals surface area contributed by atoms with Gasteiger partial charge in [-0.1, -0.05) is 72.8 Å². The van der Waals surface area contributed by atoms with Gasteiger partial charge in [-0.25, -0.2) is 15.0 Å². The highest BCUT2D eigenvalue weighted by molar-refractivity contribution is 7.20. The molecule has 0 spiro atoms. The fourth-order valence-corrected chi connectivity index (χ4v) is 8.88. The summed E-state index contributed by atoms with van der Waals surface area (Å²) in [4.78, 5) is 16.5. The summed E-state index contributed by atoms with van der Waals surface area (Å²) < 4.78 is 9.51. The van der Waals surface area contributed by atoms with Gasteiger partial charge in [0.2, 0.25) is 0 Å². The van der Waals surface area contributed by atoms with E-state index in [0.29, 0.717) is 0 Å². The van der Waals surface area contributed by atoms with Gasteiger partial charge in [-0.15, -0.1) is 34.0 Å². The van der Waals surface area contributed by atoms with Crippen LogP contribution in [0.5, 0.6) is 5.75 Å². The summed E-state index contributed by atoms with van der Waals surface area (Å²) >= 11 is 5.07. The van der Waals surface area contributed by atoms with Gasteiger partial charge in [0.15, 0.2) is 0 Å². The van der Waals surface area contributed by atoms with E-state index in [1.165, 1.54) is 14.1 Å². The number of methoxy groups -OCH3 is 1. The van der Waals surface area contributed by atoms with Crippen molar-refractivity contribution >= 4 is 118 Å². The van der Waals surface area contributed by atoms with Crippen LogP contribution in [-0.2, 0) is 0 Å². The Labute approximate surface area is 325 Å². The summed E-state index contributed by atoms with van der Waals surface area (Å²) in [6.45, 7) is 0. The zero-order valence-corrected chi connectivity index (χ0v) is 31.6. The molecule has 0 aliphatic heterocycles. The Hall–Kier alpha value is -6.19. The Balaban J connectivity index is 1.02. The van der Waals surface area contributed by atoms with E-state index in [-0.39, 0.29) is 0 Å². The molecule has 0 fully saturated rings. The van der Waals surface area contributed by atoms with E-state index in [1.807, 2.05) is 30.3 Å². The third kappa shape index (κ3) is 7.23. The maximum Gasteiger partial charge on any atom is 0.128 e. The molecule has 0 radical (unpaired) electrons. The van der Waals surface area contributed by atoms with Crippen molar-refractivity contribution in [2.75, 3.05) is 12.0 Å². The molecular weight excluding hydrogens is 721 g/mol. The summed E-state index contributed by atoms with van der Waals surface area (Å²) in [5, 5.41) is 2.94. The van der Waals surface area contributed by atoms with Gasteiger partial charge in [0.05, 0.1) is 37.8 Å². The Morgan fingerprint density at radius 1 is 0.444 bits per heavy atom. The Kier molecular flexibility index (Phi) is 9.37. The van der Waals surface area contributed by atoms with E-state index in [1.54, 1.807) is 41.1 Å². The van der Waals surface area contributed by atoms with Crippen LogP contribution >= 0.6 is 34.0 Å². The number of hydrogen-bond donors (Lipinski definition) is 0. The molecule has 0 bridgehead atoms. The average molecular weight is 753 g/mol. The van der Waals surface area contributed by atoms with Gasteiger partial charge in [0.25, 0.3) is 0 Å². The largest absolute Gasteiger partial charge is 0.496 e. The number of fused-ring (bicyclic) bond motifs is 3. The van der Waals surface area contributed by atoms with E-state index in [9.17, 15) is 0 Å². The normalized spacial score (nSPS) is 11.9. The number of anilines is 3. The summed E-state index contributed by atoms with van der Waals surface area (Å²) in [7, 11) is 1.72. The van der Waals surface area contributed by atoms with Gasteiger partial charge in [0.1, 0.15) is 20.8 Å². The second kappa shape index (κ2) is 15.0. The smallest absolute Gasteiger partial charge is 0.128 e. The molecule has 0 aliphatic rings. The monoisotopic (exact) mass is 752 g/mol. The number of aromatic nitrogens is 3. The van der Waals surface area contributed by atoms with Gasteiger partial charge in [-0.05, 0) is 108 Å². The summed E-state index contributed by atoms with van der Waals surface area (Å²) in [5.74, 6) is 0.778. The lowest BCUT2D eigenvalue weighted by atomic mass is 10.1. The summed E-state index contributed by atoms with van der Waals surface area (Å²) in [6, 6.07) is 48.3. The SMILES string of the molecule is COc1cc(N(c2ccc(/C=C/c3nc4ccccc4s3)cc2)c2ccc(/C=C/c3nc4ccccc4s3)cc2)ccc1/C=C/c1nc2ccccc2s1. The Morgan fingerprint density at radius 3 is 1.28 bits per heavy atom. The van der Waals surface area contributed by atoms with Crippen LogP contribution in [0.15, 0.2) is 140 Å². The van der Waals surface area contributed by atoms with E-state index in [2.05, 4.69) is 151 Å². The molecule has 260 valence electrons. The molecular formula is C46H32N4OS3. The zero-order valence-electron chi connectivity index (χ0n) is 29.2. The molecule has 3 heterocycles. The lowest BCUT2D eigenvalue weighted by Crippen LogP contribution is -2.10. The molecule has 5 nitrogen and oxygen atoms in total. The van der Waals surface area contributed by atoms with Gasteiger partial charge in [0, 0.05) is 28.7 Å². The predicted octanol–water partition coefficient (Wildman–Crippen LogP) is 13.5. The standard InChI is InChI=1S/C46H32N4OS3/c1-51-40-30-36(26-20-33(40)21-29-46-49-39-10-4-7-13-43(39)54-46)50(34-22-14-31(15-23-34)18-27-44-47-37-8-2-5-11-41(37)52-44)35-24-16-32(17-25-35)19-28-45-48-38-9-3-6-12-42(38)53-45/h2-30H,1H3/b27-18+,28-19+,29-21+. The van der Waals surface area contributed by atoms with Crippen LogP contribution in [0, 0.1) is 0 Å². The van der Waals surface area contributed by atoms with Crippen molar-refractivity contribution in [1.82, 2.24) is 15.0 Å². The van der Waals surface area contributed by atoms with Crippen molar-refractivity contribution in [3.63, 3.8) is 0 Å². The average Bonchev–Trinajstić information content (AvgIpc) is 3.96. The summed E-state index contributed by atoms with van der Waals surface area (Å²) in [5.41, 5.74) is 9.29. The van der Waals surface area contributed by atoms with Crippen molar-refractivity contribution in [1.29, 1.82) is 0 Å². The highest BCUT2D eigenvalue weighted by Gasteiger charge is 2.15. The highest BCUT2D eigenvalue weighted by atomic mass is 32.1. The molecule has 3 aromatic heterocycles. The molecule has 9 rings (SSSR count). The van der Waals surface area contributed by atoms with Gasteiger partial charge in [-0.2, -0.15) is 0 Å². The van der Waals surface area contributed by atoms with Crippen LogP contribution in [0.4, 0.5) is 17.1 Å². The number of para-hydroxylation sites is 3. The minimum absolute atomic E-state index is 0.778. The van der Waals surface area contributed by atoms with Crippen LogP contribution in [0.25, 0.3) is 67.1 Å². The molecule has 0 saturated carbocycles. The molecule has 0 aliphatic carbocycles. The number of ether oxygens (including phenoxy) is 1. The number of hydrogen-bond acceptors (Lipinski definition) is 8. The second-order valence-corrected chi connectivity index (χ2v) is 15.7. The number of nitrogens with zero attached hydrogens (tertiary/aromatic N) is 4. The third-order valence-corrected chi connectivity index (χ3v) is 12.0. The van der Waals surface area contributed by atoms with Gasteiger partial charge >= 0.3 is 0 Å². The van der Waals surface area contributed by atoms with Crippen LogP contribution in [0.1, 0.15) is 31.7 Å². The minimum Gasteiger partial charge on any atom is -0.496 e. The quantitative estimate of drug-likeness (QED) is 0.139. The Morgan fingerprint density at radius 2 is 0.852 bits per heavy atom. The van der Waals surface area contributed by atoms with E-state index in [4.69, 9.17) is 19.7 Å². The molecule has 6 aromatic carbocycles. The molecule has 0 N–H and O–H groups in total. The fraction of sp³-hybridized carbons (Fsp3) is 0.0217. The lowest BCUT2D eigenvalue weighted by molar-refractivity contribution is 0.414. The van der Waals surface area contributed by atoms with Crippen LogP contribution in [-0.4, -0.2) is 22.1 Å². The number of benzene rings is 6. The highest BCUT2D eigenvalue weighted by Crippen LogP contribution is 2.38. The first-order chi connectivity index (χ1) is 26.6. The second-order valence-electron chi connectivity index (χ2n) is 12.5. The topological polar surface area (TPSA) is 51.1 Å². The van der Waals surface area contributed by atoms with E-state index < -0.39 is 0 Å². The van der Waals surface area contributed by atoms with Crippen molar-refractivity contribution in [2.45, 2.75) is 0 Å². The number of rotatable bonds is 10. The molecule has 0 amide bonds. The van der Waals surface area contributed by atoms with Crippen molar-refractivity contribution in [2.24, 2.45) is 0 Å². The fourth-order valence-electron chi connectivity index (χ4n) is 6.27. The first kappa shape index (κ1) is 33.6. The molecule has 9 aromatic rings.